The number of hydrogen-bond acceptors (Lipinski definition) is 6. The lowest BCUT2D eigenvalue weighted by Crippen LogP contribution is -2.63. The number of carbonyl (C=O) groups is 4. The van der Waals surface area contributed by atoms with Crippen LogP contribution in [0.4, 0.5) is 0 Å². The lowest BCUT2D eigenvalue weighted by atomic mass is 10.2. The zero-order valence-corrected chi connectivity index (χ0v) is 11.9. The van der Waals surface area contributed by atoms with E-state index in [0.717, 1.165) is 0 Å². The first-order valence-electron chi connectivity index (χ1n) is 7.22. The van der Waals surface area contributed by atoms with Crippen LogP contribution in [0.25, 0.3) is 0 Å². The predicted octanol–water partition coefficient (Wildman–Crippen LogP) is -0.879. The molecule has 8 nitrogen and oxygen atoms in total. The van der Waals surface area contributed by atoms with Gasteiger partial charge in [-0.15, -0.1) is 0 Å². The molecule has 0 aromatic rings. The average Bonchev–Trinajstić information content (AvgIpc) is 2.94. The molecule has 0 saturated carbocycles. The van der Waals surface area contributed by atoms with Crippen LogP contribution in [-0.2, 0) is 19.2 Å². The van der Waals surface area contributed by atoms with Crippen molar-refractivity contribution in [3.63, 3.8) is 0 Å². The third-order valence-corrected chi connectivity index (χ3v) is 4.16. The molecule has 114 valence electrons. The molecule has 1 atom stereocenters. The Morgan fingerprint density at radius 2 is 1.24 bits per heavy atom. The second kappa shape index (κ2) is 5.19. The molecule has 3 aliphatic rings. The van der Waals surface area contributed by atoms with Crippen molar-refractivity contribution in [2.24, 2.45) is 0 Å². The fourth-order valence-corrected chi connectivity index (χ4v) is 3.14. The molecule has 0 spiro atoms. The van der Waals surface area contributed by atoms with Gasteiger partial charge in [0.25, 0.3) is 0 Å². The summed E-state index contributed by atoms with van der Waals surface area (Å²) < 4.78 is 0. The van der Waals surface area contributed by atoms with Crippen LogP contribution in [0.1, 0.15) is 32.6 Å². The second-order valence-electron chi connectivity index (χ2n) is 5.62. The molecule has 0 radical (unpaired) electrons. The number of hydrogen-bond donors (Lipinski definition) is 0. The number of piperazine rings is 1. The van der Waals surface area contributed by atoms with Gasteiger partial charge in [0, 0.05) is 51.4 Å². The minimum Gasteiger partial charge on any atom is -0.273 e. The molecule has 3 saturated heterocycles. The quantitative estimate of drug-likeness (QED) is 0.615. The Labute approximate surface area is 122 Å². The van der Waals surface area contributed by atoms with E-state index >= 15 is 0 Å². The Morgan fingerprint density at radius 1 is 0.762 bits per heavy atom. The van der Waals surface area contributed by atoms with E-state index in [0.29, 0.717) is 19.6 Å². The molecule has 8 heteroatoms. The monoisotopic (exact) mass is 294 g/mol. The summed E-state index contributed by atoms with van der Waals surface area (Å²) >= 11 is 0. The van der Waals surface area contributed by atoms with Gasteiger partial charge in [-0.2, -0.15) is 0 Å². The summed E-state index contributed by atoms with van der Waals surface area (Å²) in [7, 11) is 0. The zero-order valence-electron chi connectivity index (χ0n) is 11.9. The number of hydrazine groups is 2. The summed E-state index contributed by atoms with van der Waals surface area (Å²) in [5.74, 6) is -0.690. The fraction of sp³-hybridized carbons (Fsp3) is 0.692. The van der Waals surface area contributed by atoms with Crippen molar-refractivity contribution in [3.05, 3.63) is 0 Å². The molecular formula is C13H18N4O4. The molecule has 3 aliphatic heterocycles. The molecule has 0 N–H and O–H groups in total. The molecule has 1 unspecified atom stereocenters. The summed E-state index contributed by atoms with van der Waals surface area (Å²) in [6.07, 6.45) is 1.04. The van der Waals surface area contributed by atoms with Gasteiger partial charge >= 0.3 is 0 Å². The van der Waals surface area contributed by atoms with Crippen molar-refractivity contribution in [3.8, 4) is 0 Å². The van der Waals surface area contributed by atoms with Gasteiger partial charge in [0.05, 0.1) is 0 Å². The lowest BCUT2D eigenvalue weighted by molar-refractivity contribution is -0.180. The number of amides is 4. The number of imide groups is 2. The maximum absolute atomic E-state index is 11.8. The van der Waals surface area contributed by atoms with Crippen molar-refractivity contribution in [1.29, 1.82) is 0 Å². The van der Waals surface area contributed by atoms with E-state index in [1.807, 2.05) is 6.92 Å². The van der Waals surface area contributed by atoms with Gasteiger partial charge in [0.2, 0.25) is 23.6 Å². The minimum atomic E-state index is -0.173. The molecule has 0 aromatic carbocycles. The van der Waals surface area contributed by atoms with E-state index < -0.39 is 0 Å². The topological polar surface area (TPSA) is 81.2 Å². The Kier molecular flexibility index (Phi) is 3.50. The first kappa shape index (κ1) is 14.2. The van der Waals surface area contributed by atoms with Gasteiger partial charge in [0.15, 0.2) is 0 Å². The van der Waals surface area contributed by atoms with Crippen LogP contribution in [0.2, 0.25) is 0 Å². The molecule has 3 rings (SSSR count). The van der Waals surface area contributed by atoms with Crippen molar-refractivity contribution >= 4 is 23.6 Å². The van der Waals surface area contributed by atoms with E-state index in [-0.39, 0.29) is 55.4 Å². The van der Waals surface area contributed by atoms with Gasteiger partial charge in [0.1, 0.15) is 0 Å². The molecule has 4 amide bonds. The van der Waals surface area contributed by atoms with Crippen molar-refractivity contribution in [2.75, 3.05) is 19.6 Å². The third-order valence-electron chi connectivity index (χ3n) is 4.16. The highest BCUT2D eigenvalue weighted by Crippen LogP contribution is 2.23. The van der Waals surface area contributed by atoms with Crippen LogP contribution in [0.3, 0.4) is 0 Å². The summed E-state index contributed by atoms with van der Waals surface area (Å²) in [6, 6.07) is -0.119. The first-order chi connectivity index (χ1) is 9.99. The Balaban J connectivity index is 1.70. The fourth-order valence-electron chi connectivity index (χ4n) is 3.14. The Morgan fingerprint density at radius 3 is 1.71 bits per heavy atom. The molecule has 0 bridgehead atoms. The van der Waals surface area contributed by atoms with Crippen LogP contribution in [0, 0.1) is 0 Å². The Hall–Kier alpha value is -1.80. The summed E-state index contributed by atoms with van der Waals surface area (Å²) in [5.41, 5.74) is 0. The van der Waals surface area contributed by atoms with E-state index in [4.69, 9.17) is 0 Å². The second-order valence-corrected chi connectivity index (χ2v) is 5.62. The van der Waals surface area contributed by atoms with Crippen molar-refractivity contribution in [1.82, 2.24) is 20.0 Å². The molecule has 0 aromatic heterocycles. The van der Waals surface area contributed by atoms with Crippen LogP contribution in [-0.4, -0.2) is 69.3 Å². The first-order valence-corrected chi connectivity index (χ1v) is 7.22. The number of carbonyl (C=O) groups excluding carboxylic acids is 4. The van der Waals surface area contributed by atoms with Crippen LogP contribution < -0.4 is 0 Å². The maximum Gasteiger partial charge on any atom is 0.244 e. The number of nitrogens with zero attached hydrogens (tertiary/aromatic N) is 4. The van der Waals surface area contributed by atoms with Crippen LogP contribution in [0.15, 0.2) is 0 Å². The van der Waals surface area contributed by atoms with E-state index in [1.54, 1.807) is 10.0 Å². The van der Waals surface area contributed by atoms with Gasteiger partial charge in [-0.05, 0) is 6.92 Å². The molecule has 21 heavy (non-hydrogen) atoms. The third kappa shape index (κ3) is 2.34. The summed E-state index contributed by atoms with van der Waals surface area (Å²) in [6.45, 7) is 3.21. The molecule has 3 heterocycles. The SMILES string of the molecule is CC1CN(N2C(=O)CCC2=O)CCN1N1C(=O)CCC1=O. The highest BCUT2D eigenvalue weighted by Gasteiger charge is 2.42. The van der Waals surface area contributed by atoms with Crippen molar-refractivity contribution in [2.45, 2.75) is 38.6 Å². The Bertz CT molecular complexity index is 488. The average molecular weight is 294 g/mol. The highest BCUT2D eigenvalue weighted by atomic mass is 16.2. The van der Waals surface area contributed by atoms with E-state index in [9.17, 15) is 19.2 Å². The lowest BCUT2D eigenvalue weighted by Gasteiger charge is -2.44. The van der Waals surface area contributed by atoms with Gasteiger partial charge in [-0.25, -0.2) is 20.0 Å². The summed E-state index contributed by atoms with van der Waals surface area (Å²) in [4.78, 5) is 47.1. The molecular weight excluding hydrogens is 276 g/mol. The minimum absolute atomic E-state index is 0.119. The summed E-state index contributed by atoms with van der Waals surface area (Å²) in [5, 5.41) is 5.93. The number of rotatable bonds is 2. The largest absolute Gasteiger partial charge is 0.273 e. The smallest absolute Gasteiger partial charge is 0.244 e. The van der Waals surface area contributed by atoms with Gasteiger partial charge in [-0.3, -0.25) is 19.2 Å². The predicted molar refractivity (Wildman–Crippen MR) is 69.9 cm³/mol. The van der Waals surface area contributed by atoms with Gasteiger partial charge in [-0.1, -0.05) is 0 Å². The highest BCUT2D eigenvalue weighted by molar-refractivity contribution is 6.02. The standard InChI is InChI=1S/C13H18N4O4/c1-9-8-14(16-10(18)2-3-11(16)19)6-7-15(9)17-12(20)4-5-13(17)21/h9H,2-8H2,1H3. The van der Waals surface area contributed by atoms with Gasteiger partial charge < -0.3 is 0 Å². The molecule has 3 fully saturated rings. The van der Waals surface area contributed by atoms with E-state index in [1.165, 1.54) is 10.0 Å². The van der Waals surface area contributed by atoms with E-state index in [2.05, 4.69) is 0 Å². The zero-order chi connectivity index (χ0) is 15.1. The van der Waals surface area contributed by atoms with Crippen LogP contribution in [0.5, 0.6) is 0 Å². The van der Waals surface area contributed by atoms with Crippen molar-refractivity contribution < 1.29 is 19.2 Å². The molecule has 0 aliphatic carbocycles. The van der Waals surface area contributed by atoms with Crippen LogP contribution >= 0.6 is 0 Å². The normalized spacial score (nSPS) is 29.1. The maximum atomic E-state index is 11.8.